The quantitative estimate of drug-likeness (QED) is 0.887. The summed E-state index contributed by atoms with van der Waals surface area (Å²) < 4.78 is 5.13. The Hall–Kier alpha value is -2.48. The van der Waals surface area contributed by atoms with Gasteiger partial charge in [0.2, 0.25) is 16.9 Å². The Balaban J connectivity index is 1.40. The van der Waals surface area contributed by atoms with E-state index >= 15 is 0 Å². The second-order valence-corrected chi connectivity index (χ2v) is 7.32. The van der Waals surface area contributed by atoms with E-state index in [1.807, 2.05) is 12.1 Å². The van der Waals surface area contributed by atoms with Gasteiger partial charge in [-0.05, 0) is 37.1 Å². The van der Waals surface area contributed by atoms with Crippen molar-refractivity contribution in [3.8, 4) is 5.75 Å². The van der Waals surface area contributed by atoms with Gasteiger partial charge in [0, 0.05) is 24.6 Å². The second kappa shape index (κ2) is 6.44. The first kappa shape index (κ1) is 16.0. The molecule has 0 spiro atoms. The molecule has 1 saturated carbocycles. The zero-order valence-electron chi connectivity index (χ0n) is 13.8. The number of rotatable bonds is 5. The molecule has 0 bridgehead atoms. The molecule has 2 fully saturated rings. The van der Waals surface area contributed by atoms with Gasteiger partial charge in [0.25, 0.3) is 0 Å². The smallest absolute Gasteiger partial charge is 0.231 e. The maximum absolute atomic E-state index is 12.5. The number of benzene rings is 1. The van der Waals surface area contributed by atoms with Crippen molar-refractivity contribution in [2.75, 3.05) is 23.9 Å². The fourth-order valence-corrected chi connectivity index (χ4v) is 3.80. The first-order valence-corrected chi connectivity index (χ1v) is 9.04. The third-order valence-corrected chi connectivity index (χ3v) is 5.48. The molecule has 2 amide bonds. The van der Waals surface area contributed by atoms with Gasteiger partial charge in [-0.25, -0.2) is 0 Å². The lowest BCUT2D eigenvalue weighted by atomic mass is 10.1. The lowest BCUT2D eigenvalue weighted by Gasteiger charge is -2.16. The van der Waals surface area contributed by atoms with Gasteiger partial charge in [0.1, 0.15) is 10.8 Å². The van der Waals surface area contributed by atoms with Gasteiger partial charge in [-0.15, -0.1) is 10.2 Å². The van der Waals surface area contributed by atoms with Crippen LogP contribution in [0.15, 0.2) is 24.3 Å². The first-order chi connectivity index (χ1) is 12.1. The number of nitrogens with one attached hydrogen (secondary N) is 1. The van der Waals surface area contributed by atoms with E-state index in [4.69, 9.17) is 4.74 Å². The average Bonchev–Trinajstić information content (AvgIpc) is 3.25. The van der Waals surface area contributed by atoms with E-state index < -0.39 is 0 Å². The molecule has 0 radical (unpaired) electrons. The van der Waals surface area contributed by atoms with Gasteiger partial charge in [-0.1, -0.05) is 11.3 Å². The van der Waals surface area contributed by atoms with Crippen LogP contribution in [0.4, 0.5) is 10.8 Å². The summed E-state index contributed by atoms with van der Waals surface area (Å²) in [4.78, 5) is 26.4. The fraction of sp³-hybridized carbons (Fsp3) is 0.412. The van der Waals surface area contributed by atoms with E-state index in [0.717, 1.165) is 29.3 Å². The van der Waals surface area contributed by atoms with Crippen LogP contribution in [-0.4, -0.2) is 35.7 Å². The molecule has 1 saturated heterocycles. The van der Waals surface area contributed by atoms with E-state index in [2.05, 4.69) is 15.5 Å². The van der Waals surface area contributed by atoms with Gasteiger partial charge in [-0.2, -0.15) is 0 Å². The molecule has 1 N–H and O–H groups in total. The van der Waals surface area contributed by atoms with Crippen molar-refractivity contribution < 1.29 is 14.3 Å². The first-order valence-electron chi connectivity index (χ1n) is 8.22. The number of methoxy groups -OCH3 is 1. The summed E-state index contributed by atoms with van der Waals surface area (Å²) in [5.74, 6) is 0.626. The Morgan fingerprint density at radius 3 is 2.72 bits per heavy atom. The number of carbonyl (C=O) groups excluding carboxylic acids is 2. The molecule has 1 atom stereocenters. The van der Waals surface area contributed by atoms with E-state index in [-0.39, 0.29) is 24.2 Å². The van der Waals surface area contributed by atoms with Crippen LogP contribution in [0.3, 0.4) is 0 Å². The molecule has 8 heteroatoms. The number of nitrogens with zero attached hydrogens (tertiary/aromatic N) is 3. The number of hydrogen-bond acceptors (Lipinski definition) is 6. The number of ether oxygens (including phenoxy) is 1. The summed E-state index contributed by atoms with van der Waals surface area (Å²) in [7, 11) is 1.60. The molecule has 25 heavy (non-hydrogen) atoms. The number of amides is 2. The van der Waals surface area contributed by atoms with Crippen molar-refractivity contribution in [2.45, 2.75) is 25.2 Å². The van der Waals surface area contributed by atoms with Gasteiger partial charge in [0.15, 0.2) is 0 Å². The van der Waals surface area contributed by atoms with Gasteiger partial charge in [-0.3, -0.25) is 9.59 Å². The largest absolute Gasteiger partial charge is 0.497 e. The molecule has 1 aromatic heterocycles. The van der Waals surface area contributed by atoms with Crippen LogP contribution in [0.2, 0.25) is 0 Å². The highest BCUT2D eigenvalue weighted by molar-refractivity contribution is 7.15. The third-order valence-electron chi connectivity index (χ3n) is 4.48. The molecule has 2 aromatic rings. The summed E-state index contributed by atoms with van der Waals surface area (Å²) in [5.41, 5.74) is 0.771. The van der Waals surface area contributed by atoms with E-state index in [1.54, 1.807) is 24.1 Å². The molecule has 2 heterocycles. The zero-order valence-corrected chi connectivity index (χ0v) is 14.6. The summed E-state index contributed by atoms with van der Waals surface area (Å²) >= 11 is 1.43. The topological polar surface area (TPSA) is 84.4 Å². The van der Waals surface area contributed by atoms with Crippen molar-refractivity contribution in [3.05, 3.63) is 29.3 Å². The highest BCUT2D eigenvalue weighted by Crippen LogP contribution is 2.42. The minimum atomic E-state index is -0.386. The van der Waals surface area contributed by atoms with E-state index in [0.29, 0.717) is 17.6 Å². The minimum Gasteiger partial charge on any atom is -0.497 e. The molecule has 7 nitrogen and oxygen atoms in total. The summed E-state index contributed by atoms with van der Waals surface area (Å²) in [6, 6.07) is 7.25. The lowest BCUT2D eigenvalue weighted by molar-refractivity contribution is -0.122. The predicted molar refractivity (Wildman–Crippen MR) is 94.0 cm³/mol. The lowest BCUT2D eigenvalue weighted by Crippen LogP contribution is -2.28. The monoisotopic (exact) mass is 358 g/mol. The number of carbonyl (C=O) groups is 2. The molecular weight excluding hydrogens is 340 g/mol. The van der Waals surface area contributed by atoms with E-state index in [9.17, 15) is 9.59 Å². The van der Waals surface area contributed by atoms with Crippen LogP contribution in [0.25, 0.3) is 0 Å². The van der Waals surface area contributed by atoms with Crippen LogP contribution in [0.1, 0.15) is 30.2 Å². The minimum absolute atomic E-state index is 0.0544. The molecule has 1 aromatic carbocycles. The Labute approximate surface area is 149 Å². The van der Waals surface area contributed by atoms with Crippen LogP contribution in [0, 0.1) is 5.92 Å². The van der Waals surface area contributed by atoms with Gasteiger partial charge >= 0.3 is 0 Å². The molecule has 2 aliphatic rings. The van der Waals surface area contributed by atoms with Crippen LogP contribution < -0.4 is 15.0 Å². The average molecular weight is 358 g/mol. The Kier molecular flexibility index (Phi) is 4.12. The van der Waals surface area contributed by atoms with Gasteiger partial charge in [0.05, 0.1) is 13.0 Å². The van der Waals surface area contributed by atoms with Crippen molar-refractivity contribution >= 4 is 34.0 Å². The summed E-state index contributed by atoms with van der Waals surface area (Å²) in [6.07, 6.45) is 2.50. The highest BCUT2D eigenvalue weighted by Gasteiger charge is 2.36. The number of anilines is 2. The number of hydrogen-bond donors (Lipinski definition) is 1. The second-order valence-electron chi connectivity index (χ2n) is 6.31. The van der Waals surface area contributed by atoms with Crippen molar-refractivity contribution in [2.24, 2.45) is 5.92 Å². The SMILES string of the molecule is COc1ccc(N2C[C@@H](C(=O)Nc3nnc(C4CC4)s3)CC2=O)cc1. The summed E-state index contributed by atoms with van der Waals surface area (Å²) in [6.45, 7) is 0.366. The fourth-order valence-electron chi connectivity index (χ4n) is 2.88. The Morgan fingerprint density at radius 2 is 2.04 bits per heavy atom. The predicted octanol–water partition coefficient (Wildman–Crippen LogP) is 2.42. The normalized spacial score (nSPS) is 20.0. The standard InChI is InChI=1S/C17H18N4O3S/c1-24-13-6-4-12(5-7-13)21-9-11(8-14(21)22)15(23)18-17-20-19-16(25-17)10-2-3-10/h4-7,10-11H,2-3,8-9H2,1H3,(H,18,20,23)/t11-/m0/s1. The third kappa shape index (κ3) is 3.34. The van der Waals surface area contributed by atoms with Crippen LogP contribution in [-0.2, 0) is 9.59 Å². The number of aromatic nitrogens is 2. The van der Waals surface area contributed by atoms with Crippen molar-refractivity contribution in [1.82, 2.24) is 10.2 Å². The maximum atomic E-state index is 12.5. The molecule has 1 aliphatic heterocycles. The van der Waals surface area contributed by atoms with Crippen molar-refractivity contribution in [3.63, 3.8) is 0 Å². The van der Waals surface area contributed by atoms with Crippen LogP contribution in [0.5, 0.6) is 5.75 Å². The highest BCUT2D eigenvalue weighted by atomic mass is 32.1. The van der Waals surface area contributed by atoms with Gasteiger partial charge < -0.3 is 15.0 Å². The Bertz CT molecular complexity index is 800. The maximum Gasteiger partial charge on any atom is 0.231 e. The molecule has 1 aliphatic carbocycles. The molecule has 4 rings (SSSR count). The van der Waals surface area contributed by atoms with E-state index in [1.165, 1.54) is 11.3 Å². The van der Waals surface area contributed by atoms with Crippen LogP contribution >= 0.6 is 11.3 Å². The van der Waals surface area contributed by atoms with Crippen molar-refractivity contribution in [1.29, 1.82) is 0 Å². The zero-order chi connectivity index (χ0) is 17.4. The summed E-state index contributed by atoms with van der Waals surface area (Å²) in [5, 5.41) is 12.4. The Morgan fingerprint density at radius 1 is 1.28 bits per heavy atom. The molecule has 130 valence electrons. The molecule has 0 unspecified atom stereocenters. The molecular formula is C17H18N4O3S.